The number of halogens is 1. The van der Waals surface area contributed by atoms with Crippen LogP contribution in [-0.4, -0.2) is 29.2 Å². The van der Waals surface area contributed by atoms with Crippen molar-refractivity contribution in [1.82, 2.24) is 15.3 Å². The van der Waals surface area contributed by atoms with Crippen molar-refractivity contribution in [2.75, 3.05) is 13.1 Å². The molecule has 1 aromatic heterocycles. The van der Waals surface area contributed by atoms with E-state index in [0.29, 0.717) is 0 Å². The minimum Gasteiger partial charge on any atom is -0.472 e. The minimum absolute atomic E-state index is 0.0133. The largest absolute Gasteiger partial charge is 0.472 e. The highest BCUT2D eigenvalue weighted by Gasteiger charge is 2.18. The molecule has 0 aliphatic carbocycles. The Morgan fingerprint density at radius 1 is 1.64 bits per heavy atom. The van der Waals surface area contributed by atoms with Gasteiger partial charge in [0.25, 0.3) is 5.56 Å². The third kappa shape index (κ3) is 1.88. The molecule has 0 radical (unpaired) electrons. The second-order valence-corrected chi connectivity index (χ2v) is 3.46. The van der Waals surface area contributed by atoms with Gasteiger partial charge in [-0.25, -0.2) is 4.98 Å². The first-order valence-electron chi connectivity index (χ1n) is 4.38. The van der Waals surface area contributed by atoms with E-state index in [0.717, 1.165) is 19.5 Å². The molecule has 0 aromatic carbocycles. The van der Waals surface area contributed by atoms with Gasteiger partial charge in [-0.1, -0.05) is 11.6 Å². The number of nitrogens with one attached hydrogen (secondary N) is 2. The zero-order chi connectivity index (χ0) is 9.97. The standard InChI is InChI=1S/C8H10ClN3O2/c9-6-7(13)11-4-12-8(6)14-5-1-2-10-3-5/h4-5,10H,1-3H2,(H,11,12,13). The lowest BCUT2D eigenvalue weighted by Gasteiger charge is -2.11. The number of H-pyrrole nitrogens is 1. The zero-order valence-corrected chi connectivity index (χ0v) is 8.17. The van der Waals surface area contributed by atoms with Crippen molar-refractivity contribution in [3.8, 4) is 5.88 Å². The highest BCUT2D eigenvalue weighted by Crippen LogP contribution is 2.18. The van der Waals surface area contributed by atoms with E-state index in [4.69, 9.17) is 16.3 Å². The molecule has 1 aromatic rings. The van der Waals surface area contributed by atoms with Gasteiger partial charge < -0.3 is 15.0 Å². The Morgan fingerprint density at radius 3 is 3.21 bits per heavy atom. The lowest BCUT2D eigenvalue weighted by atomic mass is 10.3. The molecular weight excluding hydrogens is 206 g/mol. The fourth-order valence-corrected chi connectivity index (χ4v) is 1.48. The summed E-state index contributed by atoms with van der Waals surface area (Å²) in [7, 11) is 0. The average Bonchev–Trinajstić information content (AvgIpc) is 2.66. The first kappa shape index (κ1) is 9.48. The van der Waals surface area contributed by atoms with E-state index >= 15 is 0 Å². The predicted octanol–water partition coefficient (Wildman–Crippen LogP) is 0.164. The van der Waals surface area contributed by atoms with Crippen molar-refractivity contribution in [2.24, 2.45) is 0 Å². The van der Waals surface area contributed by atoms with Crippen molar-refractivity contribution >= 4 is 11.6 Å². The highest BCUT2D eigenvalue weighted by molar-refractivity contribution is 6.31. The van der Waals surface area contributed by atoms with Crippen LogP contribution in [0.3, 0.4) is 0 Å². The second kappa shape index (κ2) is 3.98. The molecule has 0 spiro atoms. The van der Waals surface area contributed by atoms with E-state index in [1.54, 1.807) is 0 Å². The van der Waals surface area contributed by atoms with Gasteiger partial charge in [0, 0.05) is 6.54 Å². The SMILES string of the molecule is O=c1[nH]cnc(OC2CCNC2)c1Cl. The highest BCUT2D eigenvalue weighted by atomic mass is 35.5. The fraction of sp³-hybridized carbons (Fsp3) is 0.500. The number of rotatable bonds is 2. The summed E-state index contributed by atoms with van der Waals surface area (Å²) < 4.78 is 5.46. The Hall–Kier alpha value is -1.07. The summed E-state index contributed by atoms with van der Waals surface area (Å²) in [5.74, 6) is 0.212. The first-order valence-corrected chi connectivity index (χ1v) is 4.75. The third-order valence-corrected chi connectivity index (χ3v) is 2.39. The Balaban J connectivity index is 2.15. The predicted molar refractivity (Wildman–Crippen MR) is 51.8 cm³/mol. The minimum atomic E-state index is -0.373. The third-order valence-electron chi connectivity index (χ3n) is 2.06. The smallest absolute Gasteiger partial charge is 0.273 e. The zero-order valence-electron chi connectivity index (χ0n) is 7.42. The van der Waals surface area contributed by atoms with E-state index in [1.165, 1.54) is 6.33 Å². The van der Waals surface area contributed by atoms with Crippen molar-refractivity contribution in [3.63, 3.8) is 0 Å². The Kier molecular flexibility index (Phi) is 2.69. The topological polar surface area (TPSA) is 67.0 Å². The number of hydrogen-bond donors (Lipinski definition) is 2. The summed E-state index contributed by atoms with van der Waals surface area (Å²) in [4.78, 5) is 17.3. The molecule has 2 N–H and O–H groups in total. The van der Waals surface area contributed by atoms with E-state index in [1.807, 2.05) is 0 Å². The Morgan fingerprint density at radius 2 is 2.50 bits per heavy atom. The van der Waals surface area contributed by atoms with Gasteiger partial charge in [0.2, 0.25) is 5.88 Å². The summed E-state index contributed by atoms with van der Waals surface area (Å²) in [6.45, 7) is 1.69. The van der Waals surface area contributed by atoms with Crippen LogP contribution in [0, 0.1) is 0 Å². The molecule has 1 fully saturated rings. The van der Waals surface area contributed by atoms with E-state index in [-0.39, 0.29) is 22.6 Å². The van der Waals surface area contributed by atoms with Crippen molar-refractivity contribution in [1.29, 1.82) is 0 Å². The van der Waals surface area contributed by atoms with E-state index in [9.17, 15) is 4.79 Å². The Bertz CT molecular complexity index is 373. The monoisotopic (exact) mass is 215 g/mol. The lowest BCUT2D eigenvalue weighted by Crippen LogP contribution is -2.21. The molecule has 6 heteroatoms. The Labute approximate surface area is 85.5 Å². The molecule has 1 atom stereocenters. The molecule has 1 aliphatic heterocycles. The molecule has 0 bridgehead atoms. The molecule has 1 unspecified atom stereocenters. The molecule has 2 rings (SSSR count). The van der Waals surface area contributed by atoms with Crippen LogP contribution in [0.25, 0.3) is 0 Å². The fourth-order valence-electron chi connectivity index (χ4n) is 1.34. The van der Waals surface area contributed by atoms with Crippen LogP contribution in [0.2, 0.25) is 5.02 Å². The molecule has 1 saturated heterocycles. The van der Waals surface area contributed by atoms with Crippen LogP contribution in [0.1, 0.15) is 6.42 Å². The average molecular weight is 216 g/mol. The molecule has 0 saturated carbocycles. The molecule has 1 aliphatic rings. The molecule has 2 heterocycles. The van der Waals surface area contributed by atoms with Gasteiger partial charge in [0.1, 0.15) is 6.10 Å². The van der Waals surface area contributed by atoms with Crippen LogP contribution >= 0.6 is 11.6 Å². The maximum atomic E-state index is 11.1. The van der Waals surface area contributed by atoms with Gasteiger partial charge in [-0.2, -0.15) is 0 Å². The van der Waals surface area contributed by atoms with Gasteiger partial charge in [-0.05, 0) is 13.0 Å². The van der Waals surface area contributed by atoms with Crippen molar-refractivity contribution in [2.45, 2.75) is 12.5 Å². The molecular formula is C8H10ClN3O2. The lowest BCUT2D eigenvalue weighted by molar-refractivity contribution is 0.213. The number of ether oxygens (including phenoxy) is 1. The molecule has 5 nitrogen and oxygen atoms in total. The number of hydrogen-bond acceptors (Lipinski definition) is 4. The number of nitrogens with zero attached hydrogens (tertiary/aromatic N) is 1. The number of aromatic nitrogens is 2. The summed E-state index contributed by atoms with van der Waals surface area (Å²) in [5, 5.41) is 3.16. The maximum absolute atomic E-state index is 11.1. The van der Waals surface area contributed by atoms with Crippen LogP contribution < -0.4 is 15.6 Å². The van der Waals surface area contributed by atoms with E-state index < -0.39 is 0 Å². The molecule has 14 heavy (non-hydrogen) atoms. The molecule has 76 valence electrons. The van der Waals surface area contributed by atoms with Gasteiger partial charge in [0.15, 0.2) is 5.02 Å². The quantitative estimate of drug-likeness (QED) is 0.738. The summed E-state index contributed by atoms with van der Waals surface area (Å²) in [6.07, 6.45) is 2.25. The van der Waals surface area contributed by atoms with Crippen LogP contribution in [0.15, 0.2) is 11.1 Å². The summed E-state index contributed by atoms with van der Waals surface area (Å²) >= 11 is 5.72. The van der Waals surface area contributed by atoms with Gasteiger partial charge in [0.05, 0.1) is 6.33 Å². The van der Waals surface area contributed by atoms with Crippen LogP contribution in [0.5, 0.6) is 5.88 Å². The van der Waals surface area contributed by atoms with Crippen LogP contribution in [0.4, 0.5) is 0 Å². The first-order chi connectivity index (χ1) is 6.77. The molecule has 0 amide bonds. The normalized spacial score (nSPS) is 21.1. The van der Waals surface area contributed by atoms with Crippen LogP contribution in [-0.2, 0) is 0 Å². The summed E-state index contributed by atoms with van der Waals surface area (Å²) in [5.41, 5.74) is -0.373. The van der Waals surface area contributed by atoms with Gasteiger partial charge in [-0.3, -0.25) is 4.79 Å². The van der Waals surface area contributed by atoms with Crippen molar-refractivity contribution < 1.29 is 4.74 Å². The second-order valence-electron chi connectivity index (χ2n) is 3.08. The van der Waals surface area contributed by atoms with Gasteiger partial charge in [-0.15, -0.1) is 0 Å². The van der Waals surface area contributed by atoms with Crippen molar-refractivity contribution in [3.05, 3.63) is 21.7 Å². The maximum Gasteiger partial charge on any atom is 0.273 e. The number of aromatic amines is 1. The summed E-state index contributed by atoms with van der Waals surface area (Å²) in [6, 6.07) is 0. The van der Waals surface area contributed by atoms with Gasteiger partial charge >= 0.3 is 0 Å². The van der Waals surface area contributed by atoms with E-state index in [2.05, 4.69) is 15.3 Å².